The Morgan fingerprint density at radius 3 is 1.71 bits per heavy atom. The summed E-state index contributed by atoms with van der Waals surface area (Å²) < 4.78 is 0. The summed E-state index contributed by atoms with van der Waals surface area (Å²) in [6.07, 6.45) is 7.86. The van der Waals surface area contributed by atoms with Crippen molar-refractivity contribution in [3.8, 4) is 11.1 Å². The normalized spacial score (nSPS) is 14.0. The Hall–Kier alpha value is -6.65. The SMILES string of the molecule is N=C1C(c2cc3ccccc3c3ccccc23)=CC(c2cc3ccccc3c3ccccc23)=C/C1=N/Nc1ccc(-c2cccnc2)cc1. The number of pyridine rings is 1. The first-order chi connectivity index (χ1) is 24.2. The fourth-order valence-electron chi connectivity index (χ4n) is 7.05. The first-order valence-electron chi connectivity index (χ1n) is 16.4. The van der Waals surface area contributed by atoms with Gasteiger partial charge in [-0.15, -0.1) is 0 Å². The van der Waals surface area contributed by atoms with Crippen LogP contribution in [0.4, 0.5) is 5.69 Å². The molecular formula is C45H30N4. The second-order valence-corrected chi connectivity index (χ2v) is 12.3. The number of fused-ring (bicyclic) bond motifs is 6. The Labute approximate surface area is 283 Å². The molecule has 8 aromatic rings. The van der Waals surface area contributed by atoms with E-state index in [-0.39, 0.29) is 0 Å². The quantitative estimate of drug-likeness (QED) is 0.113. The second kappa shape index (κ2) is 11.9. The van der Waals surface area contributed by atoms with E-state index in [0.717, 1.165) is 55.2 Å². The molecule has 0 unspecified atom stereocenters. The van der Waals surface area contributed by atoms with Crippen LogP contribution in [-0.2, 0) is 0 Å². The molecule has 0 spiro atoms. The van der Waals surface area contributed by atoms with Gasteiger partial charge in [0.15, 0.2) is 0 Å². The van der Waals surface area contributed by atoms with Gasteiger partial charge >= 0.3 is 0 Å². The fourth-order valence-corrected chi connectivity index (χ4v) is 7.05. The van der Waals surface area contributed by atoms with Crippen LogP contribution in [0.25, 0.3) is 65.4 Å². The number of rotatable bonds is 5. The van der Waals surface area contributed by atoms with Gasteiger partial charge in [-0.05, 0) is 113 Å². The van der Waals surface area contributed by atoms with Gasteiger partial charge in [0.2, 0.25) is 0 Å². The number of nitrogens with zero attached hydrogens (tertiary/aromatic N) is 2. The number of hydrogen-bond donors (Lipinski definition) is 2. The summed E-state index contributed by atoms with van der Waals surface area (Å²) >= 11 is 0. The predicted octanol–water partition coefficient (Wildman–Crippen LogP) is 11.3. The summed E-state index contributed by atoms with van der Waals surface area (Å²) in [5, 5.41) is 23.9. The van der Waals surface area contributed by atoms with Crippen molar-refractivity contribution in [3.63, 3.8) is 0 Å². The highest BCUT2D eigenvalue weighted by atomic mass is 15.3. The minimum atomic E-state index is 0.369. The smallest absolute Gasteiger partial charge is 0.109 e. The lowest BCUT2D eigenvalue weighted by Gasteiger charge is -2.21. The van der Waals surface area contributed by atoms with Crippen molar-refractivity contribution in [2.45, 2.75) is 0 Å². The highest BCUT2D eigenvalue weighted by Crippen LogP contribution is 2.39. The van der Waals surface area contributed by atoms with Gasteiger partial charge in [-0.2, -0.15) is 5.10 Å². The minimum Gasteiger partial charge on any atom is -0.298 e. The molecule has 4 heteroatoms. The Balaban J connectivity index is 1.22. The number of benzene rings is 7. The van der Waals surface area contributed by atoms with E-state index < -0.39 is 0 Å². The third-order valence-corrected chi connectivity index (χ3v) is 9.44. The largest absolute Gasteiger partial charge is 0.298 e. The van der Waals surface area contributed by atoms with Crippen molar-refractivity contribution in [3.05, 3.63) is 181 Å². The van der Waals surface area contributed by atoms with Crippen LogP contribution < -0.4 is 5.43 Å². The maximum atomic E-state index is 9.59. The van der Waals surface area contributed by atoms with Crippen LogP contribution in [0, 0.1) is 5.41 Å². The molecule has 1 aliphatic rings. The molecule has 0 aliphatic heterocycles. The van der Waals surface area contributed by atoms with Gasteiger partial charge in [0, 0.05) is 18.0 Å². The zero-order chi connectivity index (χ0) is 32.7. The van der Waals surface area contributed by atoms with E-state index in [9.17, 15) is 5.41 Å². The van der Waals surface area contributed by atoms with Crippen molar-refractivity contribution in [2.75, 3.05) is 5.43 Å². The highest BCUT2D eigenvalue weighted by molar-refractivity contribution is 6.63. The lowest BCUT2D eigenvalue weighted by atomic mass is 9.83. The topological polar surface area (TPSA) is 61.1 Å². The fraction of sp³-hybridized carbons (Fsp3) is 0. The number of anilines is 1. The van der Waals surface area contributed by atoms with Gasteiger partial charge < -0.3 is 0 Å². The van der Waals surface area contributed by atoms with E-state index in [1.54, 1.807) is 6.20 Å². The Kier molecular flexibility index (Phi) is 6.91. The summed E-state index contributed by atoms with van der Waals surface area (Å²) in [6.45, 7) is 0. The van der Waals surface area contributed by atoms with Gasteiger partial charge in [-0.1, -0.05) is 115 Å². The van der Waals surface area contributed by atoms with Gasteiger partial charge in [0.1, 0.15) is 5.71 Å². The Morgan fingerprint density at radius 2 is 1.08 bits per heavy atom. The lowest BCUT2D eigenvalue weighted by molar-refractivity contribution is 1.32. The first kappa shape index (κ1) is 28.6. The lowest BCUT2D eigenvalue weighted by Crippen LogP contribution is -2.19. The third kappa shape index (κ3) is 5.07. The van der Waals surface area contributed by atoms with Crippen LogP contribution in [-0.4, -0.2) is 16.4 Å². The number of nitrogens with one attached hydrogen (secondary N) is 2. The molecule has 1 aromatic heterocycles. The molecular weight excluding hydrogens is 597 g/mol. The van der Waals surface area contributed by atoms with E-state index in [1.807, 2.05) is 36.5 Å². The van der Waals surface area contributed by atoms with E-state index in [1.165, 1.54) is 26.9 Å². The van der Waals surface area contributed by atoms with E-state index in [2.05, 4.69) is 138 Å². The average molecular weight is 627 g/mol. The Morgan fingerprint density at radius 1 is 0.510 bits per heavy atom. The van der Waals surface area contributed by atoms with Gasteiger partial charge in [0.05, 0.1) is 11.4 Å². The van der Waals surface area contributed by atoms with E-state index in [4.69, 9.17) is 5.10 Å². The van der Waals surface area contributed by atoms with Crippen LogP contribution in [0.1, 0.15) is 11.1 Å². The second-order valence-electron chi connectivity index (χ2n) is 12.3. The standard InChI is InChI=1S/C45H30N4/c46-45-43(42-25-31-11-2-4-14-36(31)38-16-6-8-18-40(38)42)26-33(41-24-30-10-1-3-13-35(30)37-15-5-7-17-39(37)41)27-44(45)49-48-34-21-19-29(20-22-34)32-12-9-23-47-28-32/h1-28,46,48H/b46-45?,49-44-. The molecule has 230 valence electrons. The van der Waals surface area contributed by atoms with Crippen molar-refractivity contribution < 1.29 is 0 Å². The summed E-state index contributed by atoms with van der Waals surface area (Å²) in [6, 6.07) is 50.7. The van der Waals surface area contributed by atoms with Crippen molar-refractivity contribution in [1.82, 2.24) is 4.98 Å². The molecule has 1 aliphatic carbocycles. The molecule has 0 amide bonds. The van der Waals surface area contributed by atoms with Crippen LogP contribution >= 0.6 is 0 Å². The van der Waals surface area contributed by atoms with Crippen molar-refractivity contribution >= 4 is 71.3 Å². The summed E-state index contributed by atoms with van der Waals surface area (Å²) in [7, 11) is 0. The van der Waals surface area contributed by atoms with E-state index in [0.29, 0.717) is 11.4 Å². The molecule has 9 rings (SSSR count). The van der Waals surface area contributed by atoms with Crippen LogP contribution in [0.2, 0.25) is 0 Å². The average Bonchev–Trinajstić information content (AvgIpc) is 3.17. The first-order valence-corrected chi connectivity index (χ1v) is 16.4. The summed E-state index contributed by atoms with van der Waals surface area (Å²) in [5.74, 6) is 0. The van der Waals surface area contributed by atoms with E-state index >= 15 is 0 Å². The molecule has 0 fully saturated rings. The molecule has 7 aromatic carbocycles. The highest BCUT2D eigenvalue weighted by Gasteiger charge is 2.23. The monoisotopic (exact) mass is 626 g/mol. The summed E-state index contributed by atoms with van der Waals surface area (Å²) in [4.78, 5) is 4.25. The molecule has 1 heterocycles. The van der Waals surface area contributed by atoms with Gasteiger partial charge in [-0.25, -0.2) is 0 Å². The van der Waals surface area contributed by atoms with Crippen LogP contribution in [0.3, 0.4) is 0 Å². The number of hydrogen-bond acceptors (Lipinski definition) is 4. The summed E-state index contributed by atoms with van der Waals surface area (Å²) in [5.41, 5.74) is 11.1. The molecule has 49 heavy (non-hydrogen) atoms. The molecule has 0 saturated carbocycles. The van der Waals surface area contributed by atoms with Crippen molar-refractivity contribution in [2.24, 2.45) is 5.10 Å². The molecule has 0 atom stereocenters. The van der Waals surface area contributed by atoms with Crippen LogP contribution in [0.15, 0.2) is 175 Å². The van der Waals surface area contributed by atoms with Crippen LogP contribution in [0.5, 0.6) is 0 Å². The maximum absolute atomic E-state index is 9.59. The number of aromatic nitrogens is 1. The maximum Gasteiger partial charge on any atom is 0.109 e. The van der Waals surface area contributed by atoms with Crippen molar-refractivity contribution in [1.29, 1.82) is 5.41 Å². The van der Waals surface area contributed by atoms with Gasteiger partial charge in [0.25, 0.3) is 0 Å². The number of allylic oxidation sites excluding steroid dienone is 4. The molecule has 2 N–H and O–H groups in total. The minimum absolute atomic E-state index is 0.369. The van der Waals surface area contributed by atoms with Gasteiger partial charge in [-0.3, -0.25) is 15.8 Å². The molecule has 4 nitrogen and oxygen atoms in total. The molecule has 0 radical (unpaired) electrons. The molecule has 0 bridgehead atoms. The number of hydrazone groups is 1. The molecule has 0 saturated heterocycles. The Bertz CT molecular complexity index is 2680. The predicted molar refractivity (Wildman–Crippen MR) is 207 cm³/mol. The third-order valence-electron chi connectivity index (χ3n) is 9.44. The zero-order valence-corrected chi connectivity index (χ0v) is 26.6. The zero-order valence-electron chi connectivity index (χ0n) is 26.6.